The van der Waals surface area contributed by atoms with Crippen molar-refractivity contribution in [1.29, 1.82) is 0 Å². The van der Waals surface area contributed by atoms with Crippen LogP contribution in [0.25, 0.3) is 11.0 Å². The summed E-state index contributed by atoms with van der Waals surface area (Å²) in [6, 6.07) is 10.2. The third-order valence-electron chi connectivity index (χ3n) is 2.76. The van der Waals surface area contributed by atoms with Gasteiger partial charge in [-0.2, -0.15) is 0 Å². The zero-order chi connectivity index (χ0) is 12.4. The number of aromatic nitrogens is 2. The molecular weight excluding hydrogens is 231 g/mol. The van der Waals surface area contributed by atoms with Gasteiger partial charge in [-0.3, -0.25) is 0 Å². The normalized spacial score (nSPS) is 10.7. The number of nitrogens with zero attached hydrogens (tertiary/aromatic N) is 1. The van der Waals surface area contributed by atoms with E-state index in [-0.39, 0.29) is 11.6 Å². The Balaban J connectivity index is 1.83. The first-order chi connectivity index (χ1) is 8.84. The van der Waals surface area contributed by atoms with E-state index in [0.29, 0.717) is 6.61 Å². The Labute approximate surface area is 103 Å². The number of fused-ring (bicyclic) bond motifs is 1. The first-order valence-corrected chi connectivity index (χ1v) is 5.63. The number of nitrogens with one attached hydrogen (secondary N) is 1. The van der Waals surface area contributed by atoms with Crippen molar-refractivity contribution in [3.63, 3.8) is 0 Å². The van der Waals surface area contributed by atoms with Crippen LogP contribution in [0.4, 0.5) is 4.39 Å². The van der Waals surface area contributed by atoms with Gasteiger partial charge in [0.15, 0.2) is 11.6 Å². The van der Waals surface area contributed by atoms with Crippen LogP contribution in [0.5, 0.6) is 5.75 Å². The third-order valence-corrected chi connectivity index (χ3v) is 2.76. The summed E-state index contributed by atoms with van der Waals surface area (Å²) in [4.78, 5) is 7.24. The maximum atomic E-state index is 13.4. The molecule has 0 saturated carbocycles. The molecule has 0 fully saturated rings. The first-order valence-electron chi connectivity index (χ1n) is 5.63. The number of para-hydroxylation sites is 1. The zero-order valence-electron chi connectivity index (χ0n) is 9.56. The summed E-state index contributed by atoms with van der Waals surface area (Å²) in [7, 11) is 0. The molecule has 0 bridgehead atoms. The molecule has 0 unspecified atom stereocenters. The average molecular weight is 242 g/mol. The van der Waals surface area contributed by atoms with Gasteiger partial charge in [0.05, 0.1) is 0 Å². The number of halogens is 1. The van der Waals surface area contributed by atoms with Crippen molar-refractivity contribution < 1.29 is 9.13 Å². The number of rotatable bonds is 3. The van der Waals surface area contributed by atoms with E-state index in [4.69, 9.17) is 4.74 Å². The molecule has 0 amide bonds. The highest BCUT2D eigenvalue weighted by atomic mass is 19.1. The first kappa shape index (κ1) is 10.8. The lowest BCUT2D eigenvalue weighted by Gasteiger charge is -2.05. The molecule has 0 atom stereocenters. The zero-order valence-corrected chi connectivity index (χ0v) is 9.56. The third kappa shape index (κ3) is 1.93. The summed E-state index contributed by atoms with van der Waals surface area (Å²) < 4.78 is 18.9. The van der Waals surface area contributed by atoms with Gasteiger partial charge in [-0.15, -0.1) is 0 Å². The van der Waals surface area contributed by atoms with Crippen LogP contribution >= 0.6 is 0 Å². The molecule has 0 radical (unpaired) electrons. The topological polar surface area (TPSA) is 37.9 Å². The molecule has 3 aromatic rings. The van der Waals surface area contributed by atoms with Gasteiger partial charge in [-0.25, -0.2) is 9.37 Å². The van der Waals surface area contributed by atoms with E-state index < -0.39 is 0 Å². The number of benzene rings is 1. The predicted octanol–water partition coefficient (Wildman–Crippen LogP) is 3.28. The van der Waals surface area contributed by atoms with E-state index in [0.717, 1.165) is 16.6 Å². The van der Waals surface area contributed by atoms with Crippen molar-refractivity contribution in [3.05, 3.63) is 60.2 Å². The van der Waals surface area contributed by atoms with E-state index in [2.05, 4.69) is 9.97 Å². The van der Waals surface area contributed by atoms with Gasteiger partial charge in [0, 0.05) is 23.3 Å². The average Bonchev–Trinajstić information content (AvgIpc) is 2.81. The van der Waals surface area contributed by atoms with Crippen LogP contribution in [0.2, 0.25) is 0 Å². The van der Waals surface area contributed by atoms with E-state index in [1.54, 1.807) is 24.4 Å². The van der Waals surface area contributed by atoms with E-state index in [1.807, 2.05) is 18.3 Å². The van der Waals surface area contributed by atoms with Gasteiger partial charge in [0.1, 0.15) is 12.3 Å². The highest BCUT2D eigenvalue weighted by Crippen LogP contribution is 2.20. The number of ether oxygens (including phenoxy) is 1. The molecular formula is C14H11FN2O. The van der Waals surface area contributed by atoms with Crippen LogP contribution in [-0.2, 0) is 6.61 Å². The lowest BCUT2D eigenvalue weighted by atomic mass is 10.2. The van der Waals surface area contributed by atoms with Crippen LogP contribution in [0, 0.1) is 5.82 Å². The van der Waals surface area contributed by atoms with Crippen molar-refractivity contribution in [2.75, 3.05) is 0 Å². The van der Waals surface area contributed by atoms with Crippen molar-refractivity contribution in [2.24, 2.45) is 0 Å². The molecule has 1 N–H and O–H groups in total. The monoisotopic (exact) mass is 242 g/mol. The van der Waals surface area contributed by atoms with Gasteiger partial charge in [-0.1, -0.05) is 12.1 Å². The highest BCUT2D eigenvalue weighted by molar-refractivity contribution is 5.79. The van der Waals surface area contributed by atoms with E-state index >= 15 is 0 Å². The minimum absolute atomic E-state index is 0.260. The van der Waals surface area contributed by atoms with Crippen molar-refractivity contribution >= 4 is 11.0 Å². The number of hydrogen-bond donors (Lipinski definition) is 1. The second-order valence-electron chi connectivity index (χ2n) is 3.93. The van der Waals surface area contributed by atoms with E-state index in [1.165, 1.54) is 6.07 Å². The number of H-pyrrole nitrogens is 1. The van der Waals surface area contributed by atoms with Crippen LogP contribution in [-0.4, -0.2) is 9.97 Å². The molecule has 0 aliphatic heterocycles. The number of aromatic amines is 1. The Morgan fingerprint density at radius 2 is 2.06 bits per heavy atom. The molecule has 18 heavy (non-hydrogen) atoms. The Bertz CT molecular complexity index is 678. The summed E-state index contributed by atoms with van der Waals surface area (Å²) in [5, 5.41) is 0.994. The Morgan fingerprint density at radius 3 is 2.94 bits per heavy atom. The second-order valence-corrected chi connectivity index (χ2v) is 3.93. The SMILES string of the molecule is Fc1ccccc1OCc1c[nH]c2ncccc12. The van der Waals surface area contributed by atoms with Crippen LogP contribution in [0.1, 0.15) is 5.56 Å². The van der Waals surface area contributed by atoms with Crippen molar-refractivity contribution in [2.45, 2.75) is 6.61 Å². The molecule has 0 aliphatic rings. The molecule has 3 rings (SSSR count). The number of pyridine rings is 1. The fourth-order valence-corrected chi connectivity index (χ4v) is 1.85. The lowest BCUT2D eigenvalue weighted by molar-refractivity contribution is 0.291. The van der Waals surface area contributed by atoms with Gasteiger partial charge >= 0.3 is 0 Å². The predicted molar refractivity (Wildman–Crippen MR) is 66.8 cm³/mol. The van der Waals surface area contributed by atoms with E-state index in [9.17, 15) is 4.39 Å². The molecule has 0 aliphatic carbocycles. The van der Waals surface area contributed by atoms with Gasteiger partial charge in [0.2, 0.25) is 0 Å². The molecule has 0 spiro atoms. The van der Waals surface area contributed by atoms with Crippen molar-refractivity contribution in [3.8, 4) is 5.75 Å². The summed E-state index contributed by atoms with van der Waals surface area (Å²) in [6.07, 6.45) is 3.55. The van der Waals surface area contributed by atoms with Crippen LogP contribution in [0.3, 0.4) is 0 Å². The largest absolute Gasteiger partial charge is 0.486 e. The summed E-state index contributed by atoms with van der Waals surface area (Å²) in [6.45, 7) is 0.312. The Morgan fingerprint density at radius 1 is 1.17 bits per heavy atom. The summed E-state index contributed by atoms with van der Waals surface area (Å²) in [5.41, 5.74) is 1.77. The molecule has 2 heterocycles. The fraction of sp³-hybridized carbons (Fsp3) is 0.0714. The Kier molecular flexibility index (Phi) is 2.68. The van der Waals surface area contributed by atoms with Crippen molar-refractivity contribution in [1.82, 2.24) is 9.97 Å². The van der Waals surface area contributed by atoms with Crippen LogP contribution in [0.15, 0.2) is 48.8 Å². The smallest absolute Gasteiger partial charge is 0.165 e. The minimum atomic E-state index is -0.351. The molecule has 1 aromatic carbocycles. The molecule has 0 saturated heterocycles. The van der Waals surface area contributed by atoms with Gasteiger partial charge in [0.25, 0.3) is 0 Å². The quantitative estimate of drug-likeness (QED) is 0.765. The molecule has 4 heteroatoms. The number of hydrogen-bond acceptors (Lipinski definition) is 2. The molecule has 90 valence electrons. The summed E-state index contributed by atoms with van der Waals surface area (Å²) >= 11 is 0. The second kappa shape index (κ2) is 4.49. The van der Waals surface area contributed by atoms with Gasteiger partial charge < -0.3 is 9.72 Å². The molecule has 2 aromatic heterocycles. The maximum absolute atomic E-state index is 13.4. The Hall–Kier alpha value is -2.36. The maximum Gasteiger partial charge on any atom is 0.165 e. The summed E-state index contributed by atoms with van der Waals surface area (Å²) in [5.74, 6) is -0.0915. The minimum Gasteiger partial charge on any atom is -0.486 e. The lowest BCUT2D eigenvalue weighted by Crippen LogP contribution is -1.96. The van der Waals surface area contributed by atoms with Gasteiger partial charge in [-0.05, 0) is 24.3 Å². The molecule has 3 nitrogen and oxygen atoms in total. The highest BCUT2D eigenvalue weighted by Gasteiger charge is 2.06. The van der Waals surface area contributed by atoms with Crippen LogP contribution < -0.4 is 4.74 Å². The fourth-order valence-electron chi connectivity index (χ4n) is 1.85. The standard InChI is InChI=1S/C14H11FN2O/c15-12-5-1-2-6-13(12)18-9-10-8-17-14-11(10)4-3-7-16-14/h1-8H,9H2,(H,16,17).